The minimum Gasteiger partial charge on any atom is -0.497 e. The van der Waals surface area contributed by atoms with Crippen molar-refractivity contribution in [1.29, 1.82) is 0 Å². The molecule has 0 fully saturated rings. The van der Waals surface area contributed by atoms with Crippen LogP contribution >= 0.6 is 0 Å². The van der Waals surface area contributed by atoms with E-state index in [9.17, 15) is 18.0 Å². The second-order valence-corrected chi connectivity index (χ2v) is 9.21. The number of ketones is 1. The molecule has 2 aromatic carbocycles. The van der Waals surface area contributed by atoms with E-state index in [1.807, 2.05) is 0 Å². The molecule has 0 aliphatic rings. The average Bonchev–Trinajstić information content (AvgIpc) is 2.65. The molecule has 0 amide bonds. The Morgan fingerprint density at radius 2 is 1.62 bits per heavy atom. The van der Waals surface area contributed by atoms with Crippen LogP contribution in [0, 0.1) is 0 Å². The lowest BCUT2D eigenvalue weighted by Gasteiger charge is -2.20. The van der Waals surface area contributed by atoms with Gasteiger partial charge >= 0.3 is 5.97 Å². The summed E-state index contributed by atoms with van der Waals surface area (Å²) < 4.78 is 37.7. The molecule has 0 aromatic heterocycles. The third-order valence-corrected chi connectivity index (χ3v) is 5.60. The summed E-state index contributed by atoms with van der Waals surface area (Å²) in [7, 11) is -2.28. The van der Waals surface area contributed by atoms with Gasteiger partial charge in [-0.25, -0.2) is 17.9 Å². The van der Waals surface area contributed by atoms with Crippen molar-refractivity contribution >= 4 is 21.8 Å². The SMILES string of the molecule is COc1ccc(C(=O)[C@@H](C)OC(=O)c2cccc(S(=O)(=O)NC(C)(C)C)c2)cc1. The van der Waals surface area contributed by atoms with Gasteiger partial charge in [-0.2, -0.15) is 0 Å². The predicted molar refractivity (Wildman–Crippen MR) is 109 cm³/mol. The maximum atomic E-state index is 12.5. The number of sulfonamides is 1. The van der Waals surface area contributed by atoms with Gasteiger partial charge in [0.2, 0.25) is 15.8 Å². The summed E-state index contributed by atoms with van der Waals surface area (Å²) in [6, 6.07) is 11.9. The van der Waals surface area contributed by atoms with Gasteiger partial charge in [-0.3, -0.25) is 4.79 Å². The van der Waals surface area contributed by atoms with Crippen LogP contribution < -0.4 is 9.46 Å². The standard InChI is InChI=1S/C21H25NO6S/c1-14(19(23)15-9-11-17(27-5)12-10-15)28-20(24)16-7-6-8-18(13-16)29(25,26)22-21(2,3)4/h6-14,22H,1-5H3/t14-/m1/s1. The van der Waals surface area contributed by atoms with Crippen molar-refractivity contribution in [3.8, 4) is 5.75 Å². The Morgan fingerprint density at radius 3 is 2.17 bits per heavy atom. The van der Waals surface area contributed by atoms with Crippen LogP contribution in [-0.4, -0.2) is 38.9 Å². The van der Waals surface area contributed by atoms with Crippen LogP contribution in [0.25, 0.3) is 0 Å². The molecule has 8 heteroatoms. The van der Waals surface area contributed by atoms with Gasteiger partial charge in [-0.05, 0) is 70.2 Å². The average molecular weight is 419 g/mol. The van der Waals surface area contributed by atoms with Crippen LogP contribution in [0.15, 0.2) is 53.4 Å². The van der Waals surface area contributed by atoms with Crippen molar-refractivity contribution in [3.05, 3.63) is 59.7 Å². The number of hydrogen-bond donors (Lipinski definition) is 1. The Hall–Kier alpha value is -2.71. The van der Waals surface area contributed by atoms with Gasteiger partial charge in [-0.15, -0.1) is 0 Å². The van der Waals surface area contributed by atoms with Gasteiger partial charge < -0.3 is 9.47 Å². The summed E-state index contributed by atoms with van der Waals surface area (Å²) in [6.45, 7) is 6.62. The normalized spacial score (nSPS) is 12.9. The zero-order valence-electron chi connectivity index (χ0n) is 17.1. The summed E-state index contributed by atoms with van der Waals surface area (Å²) >= 11 is 0. The Morgan fingerprint density at radius 1 is 1.00 bits per heavy atom. The highest BCUT2D eigenvalue weighted by Crippen LogP contribution is 2.17. The first-order chi connectivity index (χ1) is 13.4. The largest absolute Gasteiger partial charge is 0.497 e. The lowest BCUT2D eigenvalue weighted by molar-refractivity contribution is 0.0318. The fraction of sp³-hybridized carbons (Fsp3) is 0.333. The molecule has 0 radical (unpaired) electrons. The van der Waals surface area contributed by atoms with E-state index in [2.05, 4.69) is 4.72 Å². The summed E-state index contributed by atoms with van der Waals surface area (Å²) in [4.78, 5) is 24.9. The van der Waals surface area contributed by atoms with E-state index in [1.165, 1.54) is 38.3 Å². The second kappa shape index (κ2) is 8.75. The molecule has 0 saturated carbocycles. The number of ether oxygens (including phenoxy) is 2. The Balaban J connectivity index is 2.15. The quantitative estimate of drug-likeness (QED) is 0.547. The van der Waals surface area contributed by atoms with Gasteiger partial charge in [-0.1, -0.05) is 6.07 Å². The molecule has 156 valence electrons. The fourth-order valence-corrected chi connectivity index (χ4v) is 3.99. The van der Waals surface area contributed by atoms with Crippen LogP contribution in [0.1, 0.15) is 48.4 Å². The van der Waals surface area contributed by atoms with Crippen LogP contribution in [0.5, 0.6) is 5.75 Å². The van der Waals surface area contributed by atoms with Crippen molar-refractivity contribution in [1.82, 2.24) is 4.72 Å². The molecule has 0 heterocycles. The lowest BCUT2D eigenvalue weighted by atomic mass is 10.1. The molecule has 0 unspecified atom stereocenters. The molecule has 7 nitrogen and oxygen atoms in total. The van der Waals surface area contributed by atoms with Crippen molar-refractivity contribution in [3.63, 3.8) is 0 Å². The highest BCUT2D eigenvalue weighted by molar-refractivity contribution is 7.89. The number of carbonyl (C=O) groups excluding carboxylic acids is 2. The third kappa shape index (κ3) is 6.13. The van der Waals surface area contributed by atoms with E-state index in [0.29, 0.717) is 11.3 Å². The minimum absolute atomic E-state index is 0.0381. The number of methoxy groups -OCH3 is 1. The molecule has 29 heavy (non-hydrogen) atoms. The Kier molecular flexibility index (Phi) is 6.81. The highest BCUT2D eigenvalue weighted by atomic mass is 32.2. The molecule has 0 aliphatic heterocycles. The third-order valence-electron chi connectivity index (χ3n) is 3.85. The molecule has 1 atom stereocenters. The van der Waals surface area contributed by atoms with E-state index in [-0.39, 0.29) is 16.2 Å². The highest BCUT2D eigenvalue weighted by Gasteiger charge is 2.24. The molecular formula is C21H25NO6S. The minimum atomic E-state index is -3.80. The Bertz CT molecular complexity index is 991. The number of Topliss-reactive ketones (excluding diaryl/α,β-unsaturated/α-hetero) is 1. The molecule has 2 rings (SSSR count). The maximum absolute atomic E-state index is 12.5. The van der Waals surface area contributed by atoms with Gasteiger partial charge in [0.05, 0.1) is 17.6 Å². The monoisotopic (exact) mass is 419 g/mol. The van der Waals surface area contributed by atoms with Crippen LogP contribution in [-0.2, 0) is 14.8 Å². The molecule has 0 saturated heterocycles. The van der Waals surface area contributed by atoms with E-state index in [1.54, 1.807) is 45.0 Å². The number of carbonyl (C=O) groups is 2. The zero-order valence-corrected chi connectivity index (χ0v) is 17.9. The van der Waals surface area contributed by atoms with Crippen LogP contribution in [0.3, 0.4) is 0 Å². The summed E-state index contributed by atoms with van der Waals surface area (Å²) in [6.07, 6.45) is -1.04. The van der Waals surface area contributed by atoms with Gasteiger partial charge in [0.25, 0.3) is 0 Å². The molecule has 0 bridgehead atoms. The smallest absolute Gasteiger partial charge is 0.338 e. The predicted octanol–water partition coefficient (Wildman–Crippen LogP) is 3.20. The lowest BCUT2D eigenvalue weighted by Crippen LogP contribution is -2.40. The van der Waals surface area contributed by atoms with Gasteiger partial charge in [0.15, 0.2) is 6.10 Å². The summed E-state index contributed by atoms with van der Waals surface area (Å²) in [5, 5.41) is 0. The number of benzene rings is 2. The summed E-state index contributed by atoms with van der Waals surface area (Å²) in [5.74, 6) is -0.556. The number of esters is 1. The van der Waals surface area contributed by atoms with E-state index < -0.39 is 27.6 Å². The molecule has 0 spiro atoms. The molecular weight excluding hydrogens is 394 g/mol. The van der Waals surface area contributed by atoms with Gasteiger partial charge in [0.1, 0.15) is 5.75 Å². The van der Waals surface area contributed by atoms with E-state index in [0.717, 1.165) is 0 Å². The topological polar surface area (TPSA) is 98.8 Å². The van der Waals surface area contributed by atoms with E-state index in [4.69, 9.17) is 9.47 Å². The Labute approximate surface area is 171 Å². The van der Waals surface area contributed by atoms with Crippen molar-refractivity contribution in [2.45, 2.75) is 44.2 Å². The molecule has 0 aliphatic carbocycles. The second-order valence-electron chi connectivity index (χ2n) is 7.52. The molecule has 1 N–H and O–H groups in total. The van der Waals surface area contributed by atoms with Crippen LogP contribution in [0.4, 0.5) is 0 Å². The number of nitrogens with one attached hydrogen (secondary N) is 1. The maximum Gasteiger partial charge on any atom is 0.338 e. The van der Waals surface area contributed by atoms with Gasteiger partial charge in [0, 0.05) is 11.1 Å². The fourth-order valence-electron chi connectivity index (χ4n) is 2.52. The van der Waals surface area contributed by atoms with Crippen molar-refractivity contribution in [2.75, 3.05) is 7.11 Å². The molecule has 2 aromatic rings. The van der Waals surface area contributed by atoms with Crippen LogP contribution in [0.2, 0.25) is 0 Å². The van der Waals surface area contributed by atoms with Crippen molar-refractivity contribution in [2.24, 2.45) is 0 Å². The van der Waals surface area contributed by atoms with E-state index >= 15 is 0 Å². The van der Waals surface area contributed by atoms with Crippen molar-refractivity contribution < 1.29 is 27.5 Å². The number of hydrogen-bond acceptors (Lipinski definition) is 6. The zero-order chi connectivity index (χ0) is 21.8. The summed E-state index contributed by atoms with van der Waals surface area (Å²) in [5.41, 5.74) is -0.262. The first-order valence-electron chi connectivity index (χ1n) is 8.96. The first-order valence-corrected chi connectivity index (χ1v) is 10.4. The number of rotatable bonds is 7. The first kappa shape index (κ1) is 22.6.